The van der Waals surface area contributed by atoms with Gasteiger partial charge >= 0.3 is 0 Å². The molecule has 1 rings (SSSR count). The Morgan fingerprint density at radius 1 is 1.67 bits per heavy atom. The molecule has 0 bridgehead atoms. The second kappa shape index (κ2) is 5.35. The van der Waals surface area contributed by atoms with Gasteiger partial charge in [0.15, 0.2) is 0 Å². The number of halogens is 1. The van der Waals surface area contributed by atoms with Gasteiger partial charge in [0.05, 0.1) is 11.8 Å². The molecule has 0 aromatic carbocycles. The Morgan fingerprint density at radius 3 is 2.87 bits per heavy atom. The maximum absolute atomic E-state index is 11.8. The highest BCUT2D eigenvalue weighted by molar-refractivity contribution is 9.09. The van der Waals surface area contributed by atoms with Crippen LogP contribution in [0.3, 0.4) is 0 Å². The van der Waals surface area contributed by atoms with Gasteiger partial charge in [0, 0.05) is 10.9 Å². The van der Waals surface area contributed by atoms with Crippen LogP contribution in [0.4, 0.5) is 0 Å². The number of amides is 1. The first-order valence-electron chi connectivity index (χ1n) is 5.02. The topological polar surface area (TPSA) is 42.2 Å². The Morgan fingerprint density at radius 2 is 2.40 bits per heavy atom. The number of carbonyl (C=O) groups is 1. The molecule has 1 aromatic heterocycles. The van der Waals surface area contributed by atoms with Crippen molar-refractivity contribution in [3.8, 4) is 0 Å². The summed E-state index contributed by atoms with van der Waals surface area (Å²) in [6, 6.07) is 1.67. The van der Waals surface area contributed by atoms with E-state index in [-0.39, 0.29) is 11.4 Å². The summed E-state index contributed by atoms with van der Waals surface area (Å²) in [7, 11) is 0. The first-order chi connectivity index (χ1) is 7.11. The highest BCUT2D eigenvalue weighted by atomic mass is 79.9. The van der Waals surface area contributed by atoms with E-state index in [1.807, 2.05) is 6.92 Å². The number of hydrogen-bond acceptors (Lipinski definition) is 2. The van der Waals surface area contributed by atoms with Crippen LogP contribution < -0.4 is 5.32 Å². The monoisotopic (exact) mass is 273 g/mol. The lowest BCUT2D eigenvalue weighted by Gasteiger charge is -2.28. The fraction of sp³-hybridized carbons (Fsp3) is 0.545. The molecule has 0 saturated heterocycles. The lowest BCUT2D eigenvalue weighted by atomic mass is 9.95. The third kappa shape index (κ3) is 3.38. The van der Waals surface area contributed by atoms with Crippen molar-refractivity contribution in [2.24, 2.45) is 0 Å². The molecule has 0 aliphatic carbocycles. The number of hydrogen-bond donors (Lipinski definition) is 1. The van der Waals surface area contributed by atoms with Crippen LogP contribution in [0.2, 0.25) is 0 Å². The minimum absolute atomic E-state index is 0.0750. The standard InChI is InChI=1S/C11H16BrNO2/c1-3-11(2,5-6-12)13-10(14)9-4-7-15-8-9/h4,7-8H,3,5-6H2,1-2H3,(H,13,14). The molecule has 84 valence electrons. The third-order valence-corrected chi connectivity index (χ3v) is 3.02. The molecule has 4 heteroatoms. The lowest BCUT2D eigenvalue weighted by Crippen LogP contribution is -2.45. The van der Waals surface area contributed by atoms with Crippen LogP contribution >= 0.6 is 15.9 Å². The van der Waals surface area contributed by atoms with E-state index in [1.54, 1.807) is 6.07 Å². The summed E-state index contributed by atoms with van der Waals surface area (Å²) in [5.74, 6) is -0.0750. The molecule has 15 heavy (non-hydrogen) atoms. The molecule has 1 amide bonds. The molecule has 1 N–H and O–H groups in total. The molecule has 1 unspecified atom stereocenters. The van der Waals surface area contributed by atoms with E-state index >= 15 is 0 Å². The predicted molar refractivity (Wildman–Crippen MR) is 63.3 cm³/mol. The number of carbonyl (C=O) groups excluding carboxylic acids is 1. The Labute approximate surface area is 98.4 Å². The zero-order valence-corrected chi connectivity index (χ0v) is 10.6. The third-order valence-electron chi connectivity index (χ3n) is 2.63. The summed E-state index contributed by atoms with van der Waals surface area (Å²) >= 11 is 3.39. The Hall–Kier alpha value is -0.770. The van der Waals surface area contributed by atoms with Crippen molar-refractivity contribution in [1.29, 1.82) is 0 Å². The van der Waals surface area contributed by atoms with Gasteiger partial charge < -0.3 is 9.73 Å². The van der Waals surface area contributed by atoms with E-state index in [1.165, 1.54) is 12.5 Å². The smallest absolute Gasteiger partial charge is 0.254 e. The maximum Gasteiger partial charge on any atom is 0.254 e. The van der Waals surface area contributed by atoms with E-state index in [2.05, 4.69) is 28.2 Å². The minimum Gasteiger partial charge on any atom is -0.472 e. The van der Waals surface area contributed by atoms with E-state index in [9.17, 15) is 4.79 Å². The van der Waals surface area contributed by atoms with E-state index in [0.29, 0.717) is 5.56 Å². The molecule has 3 nitrogen and oxygen atoms in total. The van der Waals surface area contributed by atoms with Gasteiger partial charge in [-0.3, -0.25) is 4.79 Å². The van der Waals surface area contributed by atoms with Crippen LogP contribution in [0.25, 0.3) is 0 Å². The summed E-state index contributed by atoms with van der Waals surface area (Å²) in [5.41, 5.74) is 0.418. The minimum atomic E-state index is -0.155. The van der Waals surface area contributed by atoms with Crippen LogP contribution in [0.5, 0.6) is 0 Å². The fourth-order valence-electron chi connectivity index (χ4n) is 1.28. The molecule has 1 heterocycles. The summed E-state index contributed by atoms with van der Waals surface area (Å²) < 4.78 is 4.87. The first-order valence-corrected chi connectivity index (χ1v) is 6.14. The summed E-state index contributed by atoms with van der Waals surface area (Å²) in [6.07, 6.45) is 4.78. The van der Waals surface area contributed by atoms with Crippen LogP contribution in [0.15, 0.2) is 23.0 Å². The van der Waals surface area contributed by atoms with Gasteiger partial charge in [-0.1, -0.05) is 22.9 Å². The normalized spacial score (nSPS) is 14.6. The van der Waals surface area contributed by atoms with Crippen LogP contribution in [0, 0.1) is 0 Å². The number of nitrogens with one attached hydrogen (secondary N) is 1. The molecule has 0 radical (unpaired) electrons. The molecule has 1 atom stereocenters. The van der Waals surface area contributed by atoms with Crippen molar-refractivity contribution in [3.05, 3.63) is 24.2 Å². The second-order valence-electron chi connectivity index (χ2n) is 3.82. The zero-order chi connectivity index (χ0) is 11.3. The quantitative estimate of drug-likeness (QED) is 0.839. The fourth-order valence-corrected chi connectivity index (χ4v) is 2.15. The van der Waals surface area contributed by atoms with Gasteiger partial charge in [-0.15, -0.1) is 0 Å². The van der Waals surface area contributed by atoms with Crippen LogP contribution in [0.1, 0.15) is 37.0 Å². The van der Waals surface area contributed by atoms with Crippen molar-refractivity contribution in [3.63, 3.8) is 0 Å². The molecule has 0 spiro atoms. The lowest BCUT2D eigenvalue weighted by molar-refractivity contribution is 0.0901. The van der Waals surface area contributed by atoms with Gasteiger partial charge in [-0.2, -0.15) is 0 Å². The molecule has 0 fully saturated rings. The highest BCUT2D eigenvalue weighted by Gasteiger charge is 2.24. The molecule has 1 aromatic rings. The van der Waals surface area contributed by atoms with Gasteiger partial charge in [-0.25, -0.2) is 0 Å². The van der Waals surface area contributed by atoms with E-state index < -0.39 is 0 Å². The molecule has 0 saturated carbocycles. The Kier molecular flexibility index (Phi) is 4.39. The van der Waals surface area contributed by atoms with E-state index in [0.717, 1.165) is 18.2 Å². The summed E-state index contributed by atoms with van der Waals surface area (Å²) in [5, 5.41) is 3.90. The Balaban J connectivity index is 2.63. The van der Waals surface area contributed by atoms with E-state index in [4.69, 9.17) is 4.42 Å². The SMILES string of the molecule is CCC(C)(CCBr)NC(=O)c1ccoc1. The van der Waals surface area contributed by atoms with Crippen molar-refractivity contribution in [2.75, 3.05) is 5.33 Å². The van der Waals surface area contributed by atoms with Crippen molar-refractivity contribution >= 4 is 21.8 Å². The van der Waals surface area contributed by atoms with Gasteiger partial charge in [0.1, 0.15) is 6.26 Å². The predicted octanol–water partition coefficient (Wildman–Crippen LogP) is 2.96. The molecule has 0 aliphatic rings. The van der Waals surface area contributed by atoms with Crippen molar-refractivity contribution < 1.29 is 9.21 Å². The average molecular weight is 274 g/mol. The molecule has 0 aliphatic heterocycles. The largest absolute Gasteiger partial charge is 0.472 e. The maximum atomic E-state index is 11.8. The zero-order valence-electron chi connectivity index (χ0n) is 9.05. The van der Waals surface area contributed by atoms with Gasteiger partial charge in [-0.05, 0) is 25.8 Å². The number of alkyl halides is 1. The Bertz CT molecular complexity index is 310. The second-order valence-corrected chi connectivity index (χ2v) is 4.61. The van der Waals surface area contributed by atoms with Crippen molar-refractivity contribution in [1.82, 2.24) is 5.32 Å². The highest BCUT2D eigenvalue weighted by Crippen LogP contribution is 2.16. The number of furan rings is 1. The first kappa shape index (κ1) is 12.3. The summed E-state index contributed by atoms with van der Waals surface area (Å²) in [4.78, 5) is 11.8. The van der Waals surface area contributed by atoms with Crippen LogP contribution in [-0.4, -0.2) is 16.8 Å². The van der Waals surface area contributed by atoms with Gasteiger partial charge in [0.2, 0.25) is 0 Å². The molecular formula is C11H16BrNO2. The van der Waals surface area contributed by atoms with Crippen LogP contribution in [-0.2, 0) is 0 Å². The van der Waals surface area contributed by atoms with Crippen molar-refractivity contribution in [2.45, 2.75) is 32.2 Å². The molecular weight excluding hydrogens is 258 g/mol. The van der Waals surface area contributed by atoms with Gasteiger partial charge in [0.25, 0.3) is 5.91 Å². The number of rotatable bonds is 5. The summed E-state index contributed by atoms with van der Waals surface area (Å²) in [6.45, 7) is 4.12. The average Bonchev–Trinajstić information content (AvgIpc) is 2.71.